The molecule has 0 fully saturated rings. The van der Waals surface area contributed by atoms with E-state index in [4.69, 9.17) is 19.3 Å². The highest BCUT2D eigenvalue weighted by Gasteiger charge is 2.22. The van der Waals surface area contributed by atoms with Crippen LogP contribution < -0.4 is 0 Å². The van der Waals surface area contributed by atoms with Gasteiger partial charge < -0.3 is 19.3 Å². The number of phosphoric ester groups is 1. The molecule has 54 heavy (non-hydrogen) atoms. The number of hydrogen-bond acceptors (Lipinski definition) is 6. The van der Waals surface area contributed by atoms with Gasteiger partial charge in [0.2, 0.25) is 0 Å². The van der Waals surface area contributed by atoms with Crippen molar-refractivity contribution in [1.82, 2.24) is 0 Å². The van der Waals surface area contributed by atoms with Gasteiger partial charge in [0.1, 0.15) is 6.61 Å². The maximum Gasteiger partial charge on any atom is 0.469 e. The summed E-state index contributed by atoms with van der Waals surface area (Å²) < 4.78 is 26.2. The molecule has 0 saturated carbocycles. The number of hydrogen-bond donors (Lipinski definition) is 2. The number of esters is 2. The largest absolute Gasteiger partial charge is 0.469 e. The quantitative estimate of drug-likeness (QED) is 0.0287. The van der Waals surface area contributed by atoms with E-state index in [9.17, 15) is 14.2 Å². The van der Waals surface area contributed by atoms with E-state index in [0.29, 0.717) is 19.3 Å². The lowest BCUT2D eigenvalue weighted by Gasteiger charge is -2.18. The van der Waals surface area contributed by atoms with Gasteiger partial charge in [0, 0.05) is 12.8 Å². The van der Waals surface area contributed by atoms with Crippen LogP contribution >= 0.6 is 7.82 Å². The van der Waals surface area contributed by atoms with Crippen molar-refractivity contribution < 1.29 is 37.9 Å². The number of carbonyl (C=O) groups is 2. The first-order valence-corrected chi connectivity index (χ1v) is 21.4. The standard InChI is InChI=1S/C45H69O8P/c1-3-5-7-9-11-13-15-17-19-21-22-24-25-27-29-31-33-35-37-39-44(46)51-41-43(42-52-54(48,49)50)53-45(47)40-38-36-34-32-30-28-26-23-20-18-16-14-12-10-8-6-4-2/h5,7,11-14,17-20,22,24,26-29,32-35,43H,3-4,6,8-10,15-16,21,23,25,30-31,36-42H2,1-2H3,(H2,48,49,50)/b7-5+,13-11+,14-12+,19-17+,20-18+,24-22+,28-26+,29-27+,34-32+,35-33+/t43-/m1/s1. The van der Waals surface area contributed by atoms with Crippen molar-refractivity contribution in [2.45, 2.75) is 136 Å². The molecule has 9 heteroatoms. The molecule has 0 spiro atoms. The minimum absolute atomic E-state index is 0.112. The summed E-state index contributed by atoms with van der Waals surface area (Å²) in [6, 6.07) is 0. The van der Waals surface area contributed by atoms with Crippen molar-refractivity contribution in [3.05, 3.63) is 122 Å². The summed E-state index contributed by atoms with van der Waals surface area (Å²) in [5.41, 5.74) is 0. The van der Waals surface area contributed by atoms with Gasteiger partial charge in [0.25, 0.3) is 0 Å². The predicted molar refractivity (Wildman–Crippen MR) is 225 cm³/mol. The molecule has 0 aliphatic rings. The molecule has 0 amide bonds. The van der Waals surface area contributed by atoms with E-state index < -0.39 is 32.5 Å². The number of ether oxygens (including phenoxy) is 2. The molecule has 0 aromatic carbocycles. The van der Waals surface area contributed by atoms with Gasteiger partial charge in [-0.25, -0.2) is 4.57 Å². The normalized spacial score (nSPS) is 13.8. The topological polar surface area (TPSA) is 119 Å². The zero-order valence-corrected chi connectivity index (χ0v) is 34.0. The molecular formula is C45H69O8P. The van der Waals surface area contributed by atoms with Crippen LogP contribution in [0.5, 0.6) is 0 Å². The molecule has 302 valence electrons. The lowest BCUT2D eigenvalue weighted by molar-refractivity contribution is -0.161. The highest BCUT2D eigenvalue weighted by molar-refractivity contribution is 7.46. The van der Waals surface area contributed by atoms with Crippen molar-refractivity contribution >= 4 is 19.8 Å². The minimum atomic E-state index is -4.79. The highest BCUT2D eigenvalue weighted by atomic mass is 31.2. The van der Waals surface area contributed by atoms with E-state index >= 15 is 0 Å². The zero-order valence-electron chi connectivity index (χ0n) is 33.1. The minimum Gasteiger partial charge on any atom is -0.462 e. The number of allylic oxidation sites excluding steroid dienone is 20. The molecule has 0 aliphatic heterocycles. The number of carbonyl (C=O) groups excluding carboxylic acids is 2. The highest BCUT2D eigenvalue weighted by Crippen LogP contribution is 2.35. The number of phosphoric acid groups is 1. The van der Waals surface area contributed by atoms with Gasteiger partial charge >= 0.3 is 19.8 Å². The predicted octanol–water partition coefficient (Wildman–Crippen LogP) is 12.2. The van der Waals surface area contributed by atoms with E-state index in [2.05, 4.69) is 116 Å². The first-order chi connectivity index (χ1) is 26.3. The monoisotopic (exact) mass is 768 g/mol. The first kappa shape index (κ1) is 50.5. The van der Waals surface area contributed by atoms with Crippen LogP contribution in [-0.2, 0) is 28.2 Å². The van der Waals surface area contributed by atoms with Crippen LogP contribution in [0.3, 0.4) is 0 Å². The molecule has 8 nitrogen and oxygen atoms in total. The molecule has 0 aromatic rings. The SMILES string of the molecule is CC/C=C/C/C=C/C/C=C/C/C=C/C/C=C/C/C=C/CCC(=O)OC[C@H](COP(=O)(O)O)OC(=O)CCC/C=C/C/C=C/C/C=C/C/C=C/CCCCC. The summed E-state index contributed by atoms with van der Waals surface area (Å²) in [4.78, 5) is 42.7. The third-order valence-electron chi connectivity index (χ3n) is 7.48. The van der Waals surface area contributed by atoms with Gasteiger partial charge in [-0.1, -0.05) is 148 Å². The van der Waals surface area contributed by atoms with Crippen LogP contribution in [-0.4, -0.2) is 41.0 Å². The van der Waals surface area contributed by atoms with E-state index in [0.717, 1.165) is 64.2 Å². The Morgan fingerprint density at radius 2 is 0.907 bits per heavy atom. The second-order valence-corrected chi connectivity index (χ2v) is 13.8. The van der Waals surface area contributed by atoms with Gasteiger partial charge in [-0.3, -0.25) is 14.1 Å². The number of rotatable bonds is 34. The van der Waals surface area contributed by atoms with Crippen LogP contribution in [0.15, 0.2) is 122 Å². The van der Waals surface area contributed by atoms with E-state index in [1.54, 1.807) is 0 Å². The van der Waals surface area contributed by atoms with Gasteiger partial charge in [-0.15, -0.1) is 0 Å². The van der Waals surface area contributed by atoms with Gasteiger partial charge in [-0.2, -0.15) is 0 Å². The van der Waals surface area contributed by atoms with Crippen molar-refractivity contribution in [3.8, 4) is 0 Å². The molecule has 0 heterocycles. The third-order valence-corrected chi connectivity index (χ3v) is 7.96. The van der Waals surface area contributed by atoms with Crippen LogP contribution in [0.1, 0.15) is 129 Å². The summed E-state index contributed by atoms with van der Waals surface area (Å²) in [6.07, 6.45) is 56.5. The summed E-state index contributed by atoms with van der Waals surface area (Å²) in [6.45, 7) is 3.40. The fourth-order valence-corrected chi connectivity index (χ4v) is 4.93. The zero-order chi connectivity index (χ0) is 39.6. The lowest BCUT2D eigenvalue weighted by atomic mass is 10.2. The van der Waals surface area contributed by atoms with Crippen LogP contribution in [0.4, 0.5) is 0 Å². The molecule has 2 N–H and O–H groups in total. The number of unbranched alkanes of at least 4 members (excludes halogenated alkanes) is 4. The van der Waals surface area contributed by atoms with Crippen LogP contribution in [0.25, 0.3) is 0 Å². The van der Waals surface area contributed by atoms with Crippen LogP contribution in [0, 0.1) is 0 Å². The third kappa shape index (κ3) is 41.2. The van der Waals surface area contributed by atoms with E-state index in [1.165, 1.54) is 19.3 Å². The molecule has 1 atom stereocenters. The van der Waals surface area contributed by atoms with Gasteiger partial charge in [-0.05, 0) is 89.9 Å². The second-order valence-electron chi connectivity index (χ2n) is 12.5. The maximum atomic E-state index is 12.4. The second kappa shape index (κ2) is 39.2. The first-order valence-electron chi connectivity index (χ1n) is 19.8. The van der Waals surface area contributed by atoms with Gasteiger partial charge in [0.05, 0.1) is 6.61 Å². The molecule has 0 bridgehead atoms. The Morgan fingerprint density at radius 3 is 1.33 bits per heavy atom. The molecule has 0 aromatic heterocycles. The van der Waals surface area contributed by atoms with E-state index in [-0.39, 0.29) is 19.4 Å². The lowest BCUT2D eigenvalue weighted by Crippen LogP contribution is -2.29. The van der Waals surface area contributed by atoms with E-state index in [1.807, 2.05) is 24.3 Å². The average molecular weight is 769 g/mol. The Labute approximate surface area is 327 Å². The van der Waals surface area contributed by atoms with Crippen molar-refractivity contribution in [2.75, 3.05) is 13.2 Å². The molecule has 0 radical (unpaired) electrons. The molecular weight excluding hydrogens is 699 g/mol. The average Bonchev–Trinajstić information content (AvgIpc) is 3.14. The molecule has 0 aliphatic carbocycles. The maximum absolute atomic E-state index is 12.4. The molecule has 0 unspecified atom stereocenters. The Kier molecular flexibility index (Phi) is 36.6. The van der Waals surface area contributed by atoms with Crippen molar-refractivity contribution in [2.24, 2.45) is 0 Å². The Morgan fingerprint density at radius 1 is 0.500 bits per heavy atom. The Balaban J connectivity index is 4.21. The van der Waals surface area contributed by atoms with Gasteiger partial charge in [0.15, 0.2) is 6.10 Å². The summed E-state index contributed by atoms with van der Waals surface area (Å²) in [5, 5.41) is 0. The fourth-order valence-electron chi connectivity index (χ4n) is 4.57. The van der Waals surface area contributed by atoms with Crippen LogP contribution in [0.2, 0.25) is 0 Å². The Bertz CT molecular complexity index is 1280. The molecule has 0 rings (SSSR count). The Hall–Kier alpha value is -3.55. The van der Waals surface area contributed by atoms with Crippen molar-refractivity contribution in [1.29, 1.82) is 0 Å². The summed E-state index contributed by atoms with van der Waals surface area (Å²) in [7, 11) is -4.79. The smallest absolute Gasteiger partial charge is 0.462 e. The molecule has 0 saturated heterocycles. The fraction of sp³-hybridized carbons (Fsp3) is 0.511. The van der Waals surface area contributed by atoms with Crippen molar-refractivity contribution in [3.63, 3.8) is 0 Å². The summed E-state index contributed by atoms with van der Waals surface area (Å²) in [5.74, 6) is -1.06. The summed E-state index contributed by atoms with van der Waals surface area (Å²) >= 11 is 0.